The minimum atomic E-state index is -0.304. The molecule has 2 rings (SSSR count). The number of benzene rings is 1. The molecule has 0 saturated carbocycles. The summed E-state index contributed by atoms with van der Waals surface area (Å²) in [7, 11) is 1.95. The van der Waals surface area contributed by atoms with Gasteiger partial charge in [0.1, 0.15) is 17.3 Å². The SMILES string of the molecule is CCCCN(C)c1cnc(C(=O)NCCc2ccccc2F)cn1. The standard InChI is InChI=1S/C18H23FN4O/c1-3-4-11-23(2)17-13-21-16(12-22-17)18(24)20-10-9-14-7-5-6-8-15(14)19/h5-8,12-13H,3-4,9-11H2,1-2H3,(H,20,24). The zero-order valence-electron chi connectivity index (χ0n) is 14.1. The highest BCUT2D eigenvalue weighted by Gasteiger charge is 2.09. The number of halogens is 1. The van der Waals surface area contributed by atoms with Gasteiger partial charge in [-0.2, -0.15) is 0 Å². The van der Waals surface area contributed by atoms with E-state index in [4.69, 9.17) is 0 Å². The van der Waals surface area contributed by atoms with E-state index in [1.807, 2.05) is 11.9 Å². The molecular formula is C18H23FN4O. The molecule has 0 aliphatic carbocycles. The second-order valence-electron chi connectivity index (χ2n) is 5.63. The number of amides is 1. The third-order valence-corrected chi connectivity index (χ3v) is 3.75. The monoisotopic (exact) mass is 330 g/mol. The molecule has 6 heteroatoms. The van der Waals surface area contributed by atoms with E-state index in [9.17, 15) is 9.18 Å². The first-order chi connectivity index (χ1) is 11.6. The molecule has 1 aromatic carbocycles. The first kappa shape index (κ1) is 17.8. The fourth-order valence-electron chi connectivity index (χ4n) is 2.25. The van der Waals surface area contributed by atoms with Crippen LogP contribution in [-0.4, -0.2) is 36.0 Å². The van der Waals surface area contributed by atoms with E-state index in [1.54, 1.807) is 24.4 Å². The predicted octanol–water partition coefficient (Wildman–Crippen LogP) is 2.82. The predicted molar refractivity (Wildman–Crippen MR) is 92.6 cm³/mol. The highest BCUT2D eigenvalue weighted by Crippen LogP contribution is 2.08. The molecule has 0 unspecified atom stereocenters. The lowest BCUT2D eigenvalue weighted by Crippen LogP contribution is -2.27. The molecule has 128 valence electrons. The van der Waals surface area contributed by atoms with E-state index >= 15 is 0 Å². The highest BCUT2D eigenvalue weighted by atomic mass is 19.1. The number of nitrogens with zero attached hydrogens (tertiary/aromatic N) is 3. The largest absolute Gasteiger partial charge is 0.358 e. The van der Waals surface area contributed by atoms with E-state index < -0.39 is 0 Å². The maximum absolute atomic E-state index is 13.5. The van der Waals surface area contributed by atoms with Crippen LogP contribution in [0.2, 0.25) is 0 Å². The third kappa shape index (κ3) is 5.01. The Morgan fingerprint density at radius 2 is 2.04 bits per heavy atom. The van der Waals surface area contributed by atoms with Crippen molar-refractivity contribution in [2.75, 3.05) is 25.0 Å². The molecule has 1 heterocycles. The highest BCUT2D eigenvalue weighted by molar-refractivity contribution is 5.92. The fourth-order valence-corrected chi connectivity index (χ4v) is 2.25. The lowest BCUT2D eigenvalue weighted by Gasteiger charge is -2.17. The van der Waals surface area contributed by atoms with Gasteiger partial charge in [0.25, 0.3) is 5.91 Å². The van der Waals surface area contributed by atoms with Crippen molar-refractivity contribution in [3.05, 3.63) is 53.7 Å². The van der Waals surface area contributed by atoms with Gasteiger partial charge in [-0.1, -0.05) is 31.5 Å². The summed E-state index contributed by atoms with van der Waals surface area (Å²) in [5.74, 6) is 0.180. The quantitative estimate of drug-likeness (QED) is 0.808. The van der Waals surface area contributed by atoms with Gasteiger partial charge in [-0.25, -0.2) is 14.4 Å². The van der Waals surface area contributed by atoms with Crippen LogP contribution < -0.4 is 10.2 Å². The van der Waals surface area contributed by atoms with Gasteiger partial charge in [0.05, 0.1) is 12.4 Å². The average molecular weight is 330 g/mol. The minimum Gasteiger partial charge on any atom is -0.358 e. The van der Waals surface area contributed by atoms with Crippen LogP contribution in [0.3, 0.4) is 0 Å². The summed E-state index contributed by atoms with van der Waals surface area (Å²) in [6.07, 6.45) is 5.69. The Kier molecular flexibility index (Phi) is 6.66. The van der Waals surface area contributed by atoms with E-state index in [0.29, 0.717) is 18.5 Å². The average Bonchev–Trinajstić information content (AvgIpc) is 2.61. The zero-order valence-corrected chi connectivity index (χ0v) is 14.1. The Hall–Kier alpha value is -2.50. The number of carbonyl (C=O) groups is 1. The van der Waals surface area contributed by atoms with Crippen molar-refractivity contribution in [1.82, 2.24) is 15.3 Å². The Balaban J connectivity index is 1.85. The van der Waals surface area contributed by atoms with Crippen LogP contribution in [0.5, 0.6) is 0 Å². The third-order valence-electron chi connectivity index (χ3n) is 3.75. The normalized spacial score (nSPS) is 10.5. The summed E-state index contributed by atoms with van der Waals surface area (Å²) >= 11 is 0. The summed E-state index contributed by atoms with van der Waals surface area (Å²) in [6.45, 7) is 3.38. The van der Waals surface area contributed by atoms with E-state index in [0.717, 1.165) is 25.2 Å². The summed E-state index contributed by atoms with van der Waals surface area (Å²) < 4.78 is 13.5. The molecule has 0 spiro atoms. The van der Waals surface area contributed by atoms with Crippen molar-refractivity contribution >= 4 is 11.7 Å². The molecule has 0 fully saturated rings. The molecule has 0 aliphatic heterocycles. The zero-order chi connectivity index (χ0) is 17.4. The summed E-state index contributed by atoms with van der Waals surface area (Å²) in [5.41, 5.74) is 0.841. The number of rotatable bonds is 8. The minimum absolute atomic E-state index is 0.258. The molecule has 0 saturated heterocycles. The Labute approximate surface area is 141 Å². The van der Waals surface area contributed by atoms with Crippen molar-refractivity contribution in [2.24, 2.45) is 0 Å². The van der Waals surface area contributed by atoms with Gasteiger partial charge < -0.3 is 10.2 Å². The van der Waals surface area contributed by atoms with Gasteiger partial charge in [-0.05, 0) is 24.5 Å². The molecular weight excluding hydrogens is 307 g/mol. The smallest absolute Gasteiger partial charge is 0.271 e. The number of nitrogens with one attached hydrogen (secondary N) is 1. The van der Waals surface area contributed by atoms with Crippen LogP contribution in [-0.2, 0) is 6.42 Å². The molecule has 0 bridgehead atoms. The van der Waals surface area contributed by atoms with Gasteiger partial charge in [0.15, 0.2) is 0 Å². The van der Waals surface area contributed by atoms with E-state index in [1.165, 1.54) is 12.3 Å². The maximum Gasteiger partial charge on any atom is 0.271 e. The molecule has 0 atom stereocenters. The van der Waals surface area contributed by atoms with Crippen molar-refractivity contribution in [1.29, 1.82) is 0 Å². The van der Waals surface area contributed by atoms with E-state index in [2.05, 4.69) is 22.2 Å². The molecule has 0 radical (unpaired) electrons. The van der Waals surface area contributed by atoms with Crippen molar-refractivity contribution in [3.63, 3.8) is 0 Å². The Morgan fingerprint density at radius 3 is 2.71 bits per heavy atom. The van der Waals surface area contributed by atoms with Crippen LogP contribution in [0.4, 0.5) is 10.2 Å². The first-order valence-electron chi connectivity index (χ1n) is 8.16. The second kappa shape index (κ2) is 8.96. The van der Waals surface area contributed by atoms with Gasteiger partial charge in [-0.3, -0.25) is 4.79 Å². The van der Waals surface area contributed by atoms with Crippen LogP contribution in [0.15, 0.2) is 36.7 Å². The van der Waals surface area contributed by atoms with E-state index in [-0.39, 0.29) is 17.4 Å². The second-order valence-corrected chi connectivity index (χ2v) is 5.63. The number of aromatic nitrogens is 2. The van der Waals surface area contributed by atoms with Crippen molar-refractivity contribution < 1.29 is 9.18 Å². The summed E-state index contributed by atoms with van der Waals surface area (Å²) in [5, 5.41) is 2.74. The first-order valence-corrected chi connectivity index (χ1v) is 8.16. The molecule has 5 nitrogen and oxygen atoms in total. The summed E-state index contributed by atoms with van der Waals surface area (Å²) in [6, 6.07) is 6.55. The lowest BCUT2D eigenvalue weighted by molar-refractivity contribution is 0.0948. The maximum atomic E-state index is 13.5. The van der Waals surface area contributed by atoms with Crippen LogP contribution in [0.1, 0.15) is 35.8 Å². The van der Waals surface area contributed by atoms with Crippen LogP contribution >= 0.6 is 0 Å². The van der Waals surface area contributed by atoms with Gasteiger partial charge in [-0.15, -0.1) is 0 Å². The van der Waals surface area contributed by atoms with Gasteiger partial charge in [0.2, 0.25) is 0 Å². The van der Waals surface area contributed by atoms with Crippen molar-refractivity contribution in [2.45, 2.75) is 26.2 Å². The summed E-state index contributed by atoms with van der Waals surface area (Å²) in [4.78, 5) is 22.5. The number of carbonyl (C=O) groups excluding carboxylic acids is 1. The molecule has 24 heavy (non-hydrogen) atoms. The van der Waals surface area contributed by atoms with Crippen molar-refractivity contribution in [3.8, 4) is 0 Å². The number of hydrogen-bond donors (Lipinski definition) is 1. The fraction of sp³-hybridized carbons (Fsp3) is 0.389. The molecule has 1 aromatic heterocycles. The molecule has 1 N–H and O–H groups in total. The van der Waals surface area contributed by atoms with Gasteiger partial charge >= 0.3 is 0 Å². The number of anilines is 1. The molecule has 0 aliphatic rings. The van der Waals surface area contributed by atoms with Gasteiger partial charge in [0, 0.05) is 20.1 Å². The molecule has 2 aromatic rings. The van der Waals surface area contributed by atoms with Crippen LogP contribution in [0, 0.1) is 5.82 Å². The number of hydrogen-bond acceptors (Lipinski definition) is 4. The van der Waals surface area contributed by atoms with Crippen LogP contribution in [0.25, 0.3) is 0 Å². The Morgan fingerprint density at radius 1 is 1.25 bits per heavy atom. The topological polar surface area (TPSA) is 58.1 Å². The number of unbranched alkanes of at least 4 members (excludes halogenated alkanes) is 1. The Bertz CT molecular complexity index is 660. The lowest BCUT2D eigenvalue weighted by atomic mass is 10.1. The molecule has 1 amide bonds.